The molecule has 0 saturated heterocycles. The van der Waals surface area contributed by atoms with Gasteiger partial charge in [0.05, 0.1) is 0 Å². The topological polar surface area (TPSA) is 0 Å². The third-order valence-corrected chi connectivity index (χ3v) is 18.3. The van der Waals surface area contributed by atoms with E-state index in [-0.39, 0.29) is 39.7 Å². The number of benzene rings is 14. The molecule has 16 aromatic rings. The number of hydrogen-bond acceptors (Lipinski definition) is 0. The van der Waals surface area contributed by atoms with E-state index in [1.807, 2.05) is 0 Å². The quantitative estimate of drug-likeness (QED) is 0.0808. The van der Waals surface area contributed by atoms with E-state index in [1.165, 1.54) is 187 Å². The first kappa shape index (κ1) is 63.1. The number of hydrogen-bond donors (Lipinski definition) is 0. The van der Waals surface area contributed by atoms with Crippen LogP contribution in [0.25, 0.3) is 152 Å². The molecule has 16 aromatic carbocycles. The summed E-state index contributed by atoms with van der Waals surface area (Å²) in [4.78, 5) is 0. The molecule has 0 amide bonds. The van der Waals surface area contributed by atoms with Crippen LogP contribution >= 0.6 is 24.8 Å². The molecular formula is C84H70Cl2SiZr-4. The van der Waals surface area contributed by atoms with E-state index in [4.69, 9.17) is 0 Å². The zero-order chi connectivity index (χ0) is 57.0. The van der Waals surface area contributed by atoms with Crippen LogP contribution in [-0.2, 0) is 23.3 Å². The number of fused-ring (bicyclic) bond motifs is 10. The summed E-state index contributed by atoms with van der Waals surface area (Å²) in [5.41, 5.74) is 13.4. The molecule has 0 heterocycles. The van der Waals surface area contributed by atoms with E-state index in [0.29, 0.717) is 11.8 Å². The average molecular weight is 1270 g/mol. The fraction of sp³-hybridized carbons (Fsp3) is 0.0952. The molecule has 88 heavy (non-hydrogen) atoms. The van der Waals surface area contributed by atoms with Crippen molar-refractivity contribution in [1.29, 1.82) is 0 Å². The van der Waals surface area contributed by atoms with Crippen molar-refractivity contribution in [1.82, 2.24) is 0 Å². The van der Waals surface area contributed by atoms with E-state index >= 15 is 0 Å². The Hall–Kier alpha value is -7.94. The van der Waals surface area contributed by atoms with Crippen molar-refractivity contribution in [2.45, 2.75) is 52.4 Å². The van der Waals surface area contributed by atoms with Gasteiger partial charge in [0.2, 0.25) is 0 Å². The molecule has 432 valence electrons. The second-order valence-corrected chi connectivity index (χ2v) is 22.9. The molecule has 0 N–H and O–H groups in total. The molecule has 0 aromatic heterocycles. The SMILES string of the molecule is CCC(C)c1cc2c(-c3c4ccccc4cc4ccccc34)ccc(-c3c4ccccc4cc4ccccc34)c2[cH-]1.CCC(C)c1cc2c(-c3c4ccccc4cc4ccccc34)ccc(-c3c4ccccc4cc4ccccc34)c2[cH-]1.Cl.Cl.[CH3-].[CH3-].[Si]=[Zr]. The van der Waals surface area contributed by atoms with Crippen molar-refractivity contribution in [3.8, 4) is 44.5 Å². The van der Waals surface area contributed by atoms with Gasteiger partial charge in [0.1, 0.15) is 0 Å². The number of rotatable bonds is 8. The van der Waals surface area contributed by atoms with Gasteiger partial charge < -0.3 is 14.9 Å². The summed E-state index contributed by atoms with van der Waals surface area (Å²) in [5.74, 6) is 0.994. The molecule has 16 rings (SSSR count). The van der Waals surface area contributed by atoms with Gasteiger partial charge >= 0.3 is 30.2 Å². The maximum atomic E-state index is 3.06. The first-order valence-corrected chi connectivity index (χ1v) is 34.0. The summed E-state index contributed by atoms with van der Waals surface area (Å²) in [6, 6.07) is 99.6. The zero-order valence-corrected chi connectivity index (χ0v) is 55.9. The predicted molar refractivity (Wildman–Crippen MR) is 391 cm³/mol. The molecule has 0 nitrogen and oxygen atoms in total. The van der Waals surface area contributed by atoms with Crippen molar-refractivity contribution < 1.29 is 23.3 Å². The molecule has 0 fully saturated rings. The van der Waals surface area contributed by atoms with Crippen LogP contribution < -0.4 is 0 Å². The van der Waals surface area contributed by atoms with Gasteiger partial charge in [-0.25, -0.2) is 0 Å². The molecule has 4 heteroatoms. The Morgan fingerprint density at radius 1 is 0.284 bits per heavy atom. The summed E-state index contributed by atoms with van der Waals surface area (Å²) in [6.45, 7) is 12.4. The maximum absolute atomic E-state index is 3.06. The number of halogens is 2. The third kappa shape index (κ3) is 10.9. The van der Waals surface area contributed by atoms with Crippen LogP contribution in [0.2, 0.25) is 0 Å². The van der Waals surface area contributed by atoms with Gasteiger partial charge in [-0.3, -0.25) is 0 Å². The Balaban J connectivity index is 0.000000181. The van der Waals surface area contributed by atoms with Crippen LogP contribution in [0.15, 0.2) is 267 Å². The van der Waals surface area contributed by atoms with E-state index in [1.54, 1.807) is 0 Å². The van der Waals surface area contributed by atoms with Crippen molar-refractivity contribution in [3.05, 3.63) is 293 Å². The van der Waals surface area contributed by atoms with Crippen LogP contribution in [0, 0.1) is 14.9 Å². The summed E-state index contributed by atoms with van der Waals surface area (Å²) in [5, 5.41) is 26.1. The average Bonchev–Trinajstić information content (AvgIpc) is 1.55. The molecular weight excluding hydrogens is 1200 g/mol. The Morgan fingerprint density at radius 2 is 0.477 bits per heavy atom. The normalized spacial score (nSPS) is 11.8. The van der Waals surface area contributed by atoms with Gasteiger partial charge in [-0.05, 0) is 145 Å². The first-order chi connectivity index (χ1) is 41.4. The molecule has 2 radical (unpaired) electrons. The van der Waals surface area contributed by atoms with Gasteiger partial charge in [0, 0.05) is 0 Å². The molecule has 0 bridgehead atoms. The molecule has 0 aliphatic rings. The van der Waals surface area contributed by atoms with Crippen LogP contribution in [0.1, 0.15) is 63.5 Å². The molecule has 0 aliphatic heterocycles. The van der Waals surface area contributed by atoms with Crippen LogP contribution in [0.3, 0.4) is 0 Å². The van der Waals surface area contributed by atoms with Gasteiger partial charge in [0.15, 0.2) is 0 Å². The van der Waals surface area contributed by atoms with E-state index < -0.39 is 0 Å². The summed E-state index contributed by atoms with van der Waals surface area (Å²) in [7, 11) is 0. The standard InChI is InChI=1S/2C41H31.2CH3.2ClH.Si.Zr/c2*1-3-26(2)31-24-38-36(40-32-16-8-4-12-27(32)22-28-13-5-9-17-33(28)40)20-21-37(39(38)25-31)41-34-18-10-6-14-29(34)23-30-15-7-11-19-35(30)41;;;;;;/h2*4-26H,3H2,1-2H3;2*1H3;2*1H;;/q4*-1;;;;. The summed E-state index contributed by atoms with van der Waals surface area (Å²) >= 11 is 1.36. The minimum absolute atomic E-state index is 0. The van der Waals surface area contributed by atoms with E-state index in [9.17, 15) is 0 Å². The third-order valence-electron chi connectivity index (χ3n) is 18.3. The second kappa shape index (κ2) is 26.8. The Labute approximate surface area is 548 Å². The Morgan fingerprint density at radius 3 is 0.693 bits per heavy atom. The van der Waals surface area contributed by atoms with E-state index in [2.05, 4.69) is 301 Å². The van der Waals surface area contributed by atoms with Crippen LogP contribution in [-0.4, -0.2) is 6.88 Å². The van der Waals surface area contributed by atoms with Crippen molar-refractivity contribution in [2.75, 3.05) is 0 Å². The van der Waals surface area contributed by atoms with Crippen molar-refractivity contribution in [2.24, 2.45) is 0 Å². The molecule has 0 saturated carbocycles. The van der Waals surface area contributed by atoms with Crippen molar-refractivity contribution >= 4 is 139 Å². The molecule has 2 atom stereocenters. The fourth-order valence-electron chi connectivity index (χ4n) is 13.8. The van der Waals surface area contributed by atoms with Gasteiger partial charge in [0.25, 0.3) is 0 Å². The predicted octanol–water partition coefficient (Wildman–Crippen LogP) is 25.4. The van der Waals surface area contributed by atoms with Crippen LogP contribution in [0.5, 0.6) is 0 Å². The minimum atomic E-state index is 0. The summed E-state index contributed by atoms with van der Waals surface area (Å²) < 4.78 is 0. The molecule has 0 aliphatic carbocycles. The zero-order valence-electron chi connectivity index (χ0n) is 50.8. The Kier molecular flexibility index (Phi) is 19.2. The first-order valence-electron chi connectivity index (χ1n) is 29.8. The molecule has 0 spiro atoms. The summed E-state index contributed by atoms with van der Waals surface area (Å²) in [6.07, 6.45) is 2.24. The fourth-order valence-corrected chi connectivity index (χ4v) is 13.8. The Bertz CT molecular complexity index is 4370. The second-order valence-electron chi connectivity index (χ2n) is 22.9. The van der Waals surface area contributed by atoms with E-state index in [0.717, 1.165) is 12.8 Å². The van der Waals surface area contributed by atoms with Crippen LogP contribution in [0.4, 0.5) is 0 Å². The van der Waals surface area contributed by atoms with Gasteiger partial charge in [-0.1, -0.05) is 281 Å². The monoisotopic (exact) mass is 1270 g/mol. The molecule has 2 unspecified atom stereocenters. The van der Waals surface area contributed by atoms with Crippen molar-refractivity contribution in [3.63, 3.8) is 0 Å². The van der Waals surface area contributed by atoms with Gasteiger partial charge in [-0.15, -0.1) is 69.6 Å². The van der Waals surface area contributed by atoms with Gasteiger partial charge in [-0.2, -0.15) is 12.1 Å².